The maximum atomic E-state index is 11.7. The molecule has 1 heterocycles. The third kappa shape index (κ3) is 1.67. The molecule has 2 aromatic rings. The fourth-order valence-corrected chi connectivity index (χ4v) is 1.81. The number of benzene rings is 1. The highest BCUT2D eigenvalue weighted by Crippen LogP contribution is 2.37. The van der Waals surface area contributed by atoms with Gasteiger partial charge in [0.2, 0.25) is 0 Å². The molecule has 1 aromatic heterocycles. The van der Waals surface area contributed by atoms with E-state index in [1.807, 2.05) is 0 Å². The summed E-state index contributed by atoms with van der Waals surface area (Å²) >= 11 is 0. The van der Waals surface area contributed by atoms with Crippen LogP contribution in [0.5, 0.6) is 0 Å². The Balaban J connectivity index is 2.26. The number of nitro groups is 1. The van der Waals surface area contributed by atoms with Crippen molar-refractivity contribution in [1.29, 1.82) is 0 Å². The van der Waals surface area contributed by atoms with E-state index in [1.165, 1.54) is 18.2 Å². The van der Waals surface area contributed by atoms with Crippen molar-refractivity contribution >= 4 is 16.6 Å². The summed E-state index contributed by atoms with van der Waals surface area (Å²) in [6.45, 7) is 0. The number of nitro benzene ring substituents is 1. The fourth-order valence-electron chi connectivity index (χ4n) is 1.81. The standard InChI is InChI=1S/C11H9N3O3/c15-11-8-4-3-7(14(16)17)5-9(8)12-10(13-11)6-1-2-6/h3-6H,1-2H2,(H,12,13,15). The Bertz CT molecular complexity index is 673. The van der Waals surface area contributed by atoms with Gasteiger partial charge in [-0.3, -0.25) is 14.9 Å². The van der Waals surface area contributed by atoms with Crippen molar-refractivity contribution in [3.8, 4) is 0 Å². The molecule has 6 nitrogen and oxygen atoms in total. The van der Waals surface area contributed by atoms with E-state index in [-0.39, 0.29) is 11.2 Å². The normalized spacial score (nSPS) is 15.1. The Hall–Kier alpha value is -2.24. The first-order valence-electron chi connectivity index (χ1n) is 5.33. The summed E-state index contributed by atoms with van der Waals surface area (Å²) in [5, 5.41) is 11.0. The van der Waals surface area contributed by atoms with Crippen molar-refractivity contribution in [2.45, 2.75) is 18.8 Å². The average Bonchev–Trinajstić information content (AvgIpc) is 3.11. The van der Waals surface area contributed by atoms with Crippen LogP contribution in [0.25, 0.3) is 10.9 Å². The number of rotatable bonds is 2. The lowest BCUT2D eigenvalue weighted by atomic mass is 10.2. The lowest BCUT2D eigenvalue weighted by Gasteiger charge is -2.00. The molecule has 1 aliphatic carbocycles. The van der Waals surface area contributed by atoms with Crippen molar-refractivity contribution < 1.29 is 4.92 Å². The highest BCUT2D eigenvalue weighted by atomic mass is 16.6. The zero-order valence-electron chi connectivity index (χ0n) is 8.84. The van der Waals surface area contributed by atoms with Crippen molar-refractivity contribution in [1.82, 2.24) is 9.97 Å². The van der Waals surface area contributed by atoms with Gasteiger partial charge in [-0.15, -0.1) is 0 Å². The van der Waals surface area contributed by atoms with Crippen LogP contribution in [0.1, 0.15) is 24.6 Å². The van der Waals surface area contributed by atoms with Gasteiger partial charge in [-0.1, -0.05) is 0 Å². The van der Waals surface area contributed by atoms with Gasteiger partial charge < -0.3 is 4.98 Å². The first-order valence-corrected chi connectivity index (χ1v) is 5.33. The number of aromatic amines is 1. The van der Waals surface area contributed by atoms with E-state index in [1.54, 1.807) is 0 Å². The number of fused-ring (bicyclic) bond motifs is 1. The third-order valence-electron chi connectivity index (χ3n) is 2.88. The van der Waals surface area contributed by atoms with Crippen LogP contribution in [0.15, 0.2) is 23.0 Å². The molecular formula is C11H9N3O3. The van der Waals surface area contributed by atoms with Gasteiger partial charge >= 0.3 is 0 Å². The summed E-state index contributed by atoms with van der Waals surface area (Å²) in [5.41, 5.74) is 0.119. The molecule has 6 heteroatoms. The van der Waals surface area contributed by atoms with Crippen LogP contribution in [0.2, 0.25) is 0 Å². The van der Waals surface area contributed by atoms with E-state index in [4.69, 9.17) is 0 Å². The van der Waals surface area contributed by atoms with E-state index in [2.05, 4.69) is 9.97 Å². The van der Waals surface area contributed by atoms with Gasteiger partial charge in [0, 0.05) is 18.1 Å². The first-order chi connectivity index (χ1) is 8.15. The Morgan fingerprint density at radius 1 is 1.41 bits per heavy atom. The summed E-state index contributed by atoms with van der Waals surface area (Å²) in [6, 6.07) is 4.10. The van der Waals surface area contributed by atoms with Crippen molar-refractivity contribution in [2.75, 3.05) is 0 Å². The third-order valence-corrected chi connectivity index (χ3v) is 2.88. The molecule has 1 fully saturated rings. The lowest BCUT2D eigenvalue weighted by Crippen LogP contribution is -2.11. The average molecular weight is 231 g/mol. The summed E-state index contributed by atoms with van der Waals surface area (Å²) in [7, 11) is 0. The predicted molar refractivity (Wildman–Crippen MR) is 61.0 cm³/mol. The van der Waals surface area contributed by atoms with Gasteiger partial charge in [-0.05, 0) is 18.9 Å². The van der Waals surface area contributed by atoms with Crippen LogP contribution in [0.3, 0.4) is 0 Å². The minimum atomic E-state index is -0.487. The zero-order chi connectivity index (χ0) is 12.0. The van der Waals surface area contributed by atoms with Crippen molar-refractivity contribution in [3.63, 3.8) is 0 Å². The van der Waals surface area contributed by atoms with Gasteiger partial charge in [0.15, 0.2) is 0 Å². The Morgan fingerprint density at radius 2 is 2.18 bits per heavy atom. The molecule has 0 bridgehead atoms. The Morgan fingerprint density at radius 3 is 2.82 bits per heavy atom. The molecule has 0 aliphatic heterocycles. The zero-order valence-corrected chi connectivity index (χ0v) is 8.84. The molecule has 1 N–H and O–H groups in total. The van der Waals surface area contributed by atoms with Gasteiger partial charge in [0.1, 0.15) is 5.82 Å². The molecule has 3 rings (SSSR count). The number of nitrogens with one attached hydrogen (secondary N) is 1. The van der Waals surface area contributed by atoms with Crippen LogP contribution in [-0.4, -0.2) is 14.9 Å². The van der Waals surface area contributed by atoms with Crippen LogP contribution in [0, 0.1) is 10.1 Å². The maximum absolute atomic E-state index is 11.7. The monoisotopic (exact) mass is 231 g/mol. The molecule has 17 heavy (non-hydrogen) atoms. The smallest absolute Gasteiger partial charge is 0.271 e. The number of aromatic nitrogens is 2. The number of hydrogen-bond acceptors (Lipinski definition) is 4. The molecule has 1 aromatic carbocycles. The molecule has 1 aliphatic rings. The second-order valence-electron chi connectivity index (χ2n) is 4.18. The highest BCUT2D eigenvalue weighted by Gasteiger charge is 2.26. The quantitative estimate of drug-likeness (QED) is 0.629. The predicted octanol–water partition coefficient (Wildman–Crippen LogP) is 1.71. The number of nitrogens with zero attached hydrogens (tertiary/aromatic N) is 2. The van der Waals surface area contributed by atoms with Gasteiger partial charge in [0.05, 0.1) is 15.8 Å². The summed E-state index contributed by atoms with van der Waals surface area (Å²) < 4.78 is 0. The van der Waals surface area contributed by atoms with E-state index >= 15 is 0 Å². The maximum Gasteiger partial charge on any atom is 0.271 e. The molecular weight excluding hydrogens is 222 g/mol. The molecule has 0 amide bonds. The summed E-state index contributed by atoms with van der Waals surface area (Å²) in [6.07, 6.45) is 2.03. The fraction of sp³-hybridized carbons (Fsp3) is 0.273. The molecule has 0 radical (unpaired) electrons. The number of hydrogen-bond donors (Lipinski definition) is 1. The molecule has 0 spiro atoms. The minimum absolute atomic E-state index is 0.0441. The highest BCUT2D eigenvalue weighted by molar-refractivity contribution is 5.79. The van der Waals surface area contributed by atoms with E-state index < -0.39 is 4.92 Å². The van der Waals surface area contributed by atoms with Crippen LogP contribution >= 0.6 is 0 Å². The molecule has 0 saturated heterocycles. The first kappa shape index (κ1) is 9.95. The molecule has 86 valence electrons. The van der Waals surface area contributed by atoms with Gasteiger partial charge in [0.25, 0.3) is 11.2 Å². The molecule has 0 atom stereocenters. The Labute approximate surface area is 95.5 Å². The molecule has 0 unspecified atom stereocenters. The van der Waals surface area contributed by atoms with Crippen LogP contribution in [0.4, 0.5) is 5.69 Å². The Kier molecular flexibility index (Phi) is 1.98. The second-order valence-corrected chi connectivity index (χ2v) is 4.18. The lowest BCUT2D eigenvalue weighted by molar-refractivity contribution is -0.384. The van der Waals surface area contributed by atoms with E-state index in [9.17, 15) is 14.9 Å². The van der Waals surface area contributed by atoms with Crippen LogP contribution < -0.4 is 5.56 Å². The topological polar surface area (TPSA) is 88.9 Å². The van der Waals surface area contributed by atoms with Crippen LogP contribution in [-0.2, 0) is 0 Å². The SMILES string of the molecule is O=c1[nH]c(C2CC2)nc2cc([N+](=O)[O-])ccc12. The largest absolute Gasteiger partial charge is 0.310 e. The van der Waals surface area contributed by atoms with Gasteiger partial charge in [-0.25, -0.2) is 4.98 Å². The minimum Gasteiger partial charge on any atom is -0.310 e. The van der Waals surface area contributed by atoms with E-state index in [0.29, 0.717) is 22.6 Å². The van der Waals surface area contributed by atoms with Gasteiger partial charge in [-0.2, -0.15) is 0 Å². The van der Waals surface area contributed by atoms with Crippen molar-refractivity contribution in [3.05, 3.63) is 44.5 Å². The van der Waals surface area contributed by atoms with E-state index in [0.717, 1.165) is 12.8 Å². The second kappa shape index (κ2) is 3.38. The summed E-state index contributed by atoms with van der Waals surface area (Å²) in [4.78, 5) is 28.9. The molecule has 1 saturated carbocycles. The van der Waals surface area contributed by atoms with Crippen molar-refractivity contribution in [2.24, 2.45) is 0 Å². The summed E-state index contributed by atoms with van der Waals surface area (Å²) in [5.74, 6) is 0.953. The number of non-ortho nitro benzene ring substituents is 1. The number of H-pyrrole nitrogens is 1.